The normalized spacial score (nSPS) is 11.0. The molecule has 21 heavy (non-hydrogen) atoms. The first-order chi connectivity index (χ1) is 10.0. The van der Waals surface area contributed by atoms with Crippen LogP contribution in [0.4, 0.5) is 0 Å². The van der Waals surface area contributed by atoms with Gasteiger partial charge in [0, 0.05) is 36.8 Å². The average molecular weight is 285 g/mol. The van der Waals surface area contributed by atoms with E-state index in [-0.39, 0.29) is 5.69 Å². The Kier molecular flexibility index (Phi) is 2.94. The van der Waals surface area contributed by atoms with Gasteiger partial charge >= 0.3 is 5.97 Å². The van der Waals surface area contributed by atoms with Gasteiger partial charge in [0.15, 0.2) is 5.69 Å². The molecule has 0 aliphatic rings. The average Bonchev–Trinajstić information content (AvgIpc) is 3.01. The van der Waals surface area contributed by atoms with Crippen LogP contribution in [0, 0.1) is 0 Å². The van der Waals surface area contributed by atoms with Crippen LogP contribution in [0.25, 0.3) is 22.2 Å². The molecule has 0 saturated carbocycles. The van der Waals surface area contributed by atoms with Crippen LogP contribution in [0.3, 0.4) is 0 Å². The van der Waals surface area contributed by atoms with Crippen molar-refractivity contribution in [2.24, 2.45) is 14.1 Å². The molecule has 6 heteroatoms. The number of benzene rings is 1. The number of ether oxygens (including phenoxy) is 1. The minimum absolute atomic E-state index is 0.0153. The first kappa shape index (κ1) is 13.2. The Hall–Kier alpha value is -2.76. The van der Waals surface area contributed by atoms with Crippen molar-refractivity contribution in [3.8, 4) is 17.0 Å². The van der Waals surface area contributed by atoms with E-state index in [2.05, 4.69) is 5.10 Å². The molecule has 0 unspecified atom stereocenters. The molecule has 3 aromatic rings. The maximum atomic E-state index is 11.1. The monoisotopic (exact) mass is 285 g/mol. The summed E-state index contributed by atoms with van der Waals surface area (Å²) in [6.07, 6.45) is 1.97. The molecular formula is C15H15N3O3. The van der Waals surface area contributed by atoms with E-state index in [1.165, 1.54) is 0 Å². The van der Waals surface area contributed by atoms with Crippen LogP contribution in [0.5, 0.6) is 5.75 Å². The number of hydrogen-bond donors (Lipinski definition) is 1. The van der Waals surface area contributed by atoms with E-state index >= 15 is 0 Å². The van der Waals surface area contributed by atoms with Crippen molar-refractivity contribution in [2.45, 2.75) is 0 Å². The zero-order valence-electron chi connectivity index (χ0n) is 12.0. The summed E-state index contributed by atoms with van der Waals surface area (Å²) in [6.45, 7) is 0. The molecule has 1 N–H and O–H groups in total. The van der Waals surface area contributed by atoms with Crippen molar-refractivity contribution in [1.29, 1.82) is 0 Å². The number of hydrogen-bond acceptors (Lipinski definition) is 3. The molecule has 0 radical (unpaired) electrons. The Labute approximate surface area is 121 Å². The quantitative estimate of drug-likeness (QED) is 0.801. The first-order valence-corrected chi connectivity index (χ1v) is 6.42. The van der Waals surface area contributed by atoms with Gasteiger partial charge in [-0.15, -0.1) is 0 Å². The van der Waals surface area contributed by atoms with Crippen LogP contribution in [-0.2, 0) is 14.1 Å². The molecule has 3 rings (SSSR count). The largest absolute Gasteiger partial charge is 0.496 e. The van der Waals surface area contributed by atoms with Gasteiger partial charge in [-0.25, -0.2) is 4.79 Å². The predicted octanol–water partition coefficient (Wildman–Crippen LogP) is 2.29. The number of aryl methyl sites for hydroxylation is 2. The van der Waals surface area contributed by atoms with Crippen molar-refractivity contribution >= 4 is 16.9 Å². The molecule has 0 spiro atoms. The van der Waals surface area contributed by atoms with Crippen molar-refractivity contribution in [2.75, 3.05) is 7.11 Å². The van der Waals surface area contributed by atoms with Crippen LogP contribution in [0.15, 0.2) is 30.5 Å². The zero-order chi connectivity index (χ0) is 15.1. The zero-order valence-corrected chi connectivity index (χ0v) is 12.0. The highest BCUT2D eigenvalue weighted by molar-refractivity contribution is 5.91. The van der Waals surface area contributed by atoms with Gasteiger partial charge in [0.25, 0.3) is 0 Å². The Balaban J connectivity index is 2.27. The summed E-state index contributed by atoms with van der Waals surface area (Å²) in [5.41, 5.74) is 2.58. The first-order valence-electron chi connectivity index (χ1n) is 6.42. The van der Waals surface area contributed by atoms with E-state index in [4.69, 9.17) is 9.84 Å². The molecule has 0 amide bonds. The third-order valence-electron chi connectivity index (χ3n) is 3.58. The van der Waals surface area contributed by atoms with E-state index in [1.54, 1.807) is 24.9 Å². The highest BCUT2D eigenvalue weighted by Gasteiger charge is 2.17. The second-order valence-electron chi connectivity index (χ2n) is 4.88. The topological polar surface area (TPSA) is 69.3 Å². The number of methoxy groups -OCH3 is 1. The lowest BCUT2D eigenvalue weighted by Crippen LogP contribution is -1.99. The summed E-state index contributed by atoms with van der Waals surface area (Å²) < 4.78 is 9.00. The van der Waals surface area contributed by atoms with Crippen molar-refractivity contribution < 1.29 is 14.6 Å². The van der Waals surface area contributed by atoms with Crippen LogP contribution < -0.4 is 4.74 Å². The number of carbonyl (C=O) groups is 1. The van der Waals surface area contributed by atoms with Crippen LogP contribution >= 0.6 is 0 Å². The van der Waals surface area contributed by atoms with Gasteiger partial charge in [-0.05, 0) is 24.3 Å². The lowest BCUT2D eigenvalue weighted by Gasteiger charge is -2.10. The van der Waals surface area contributed by atoms with Gasteiger partial charge in [-0.1, -0.05) is 0 Å². The fourth-order valence-corrected chi connectivity index (χ4v) is 2.49. The second-order valence-corrected chi connectivity index (χ2v) is 4.88. The number of nitrogens with zero attached hydrogens (tertiary/aromatic N) is 3. The Morgan fingerprint density at radius 3 is 2.67 bits per heavy atom. The van der Waals surface area contributed by atoms with E-state index in [0.29, 0.717) is 11.4 Å². The fraction of sp³-hybridized carbons (Fsp3) is 0.200. The smallest absolute Gasteiger partial charge is 0.356 e. The van der Waals surface area contributed by atoms with Crippen LogP contribution in [0.2, 0.25) is 0 Å². The Morgan fingerprint density at radius 2 is 2.05 bits per heavy atom. The molecule has 2 aromatic heterocycles. The highest BCUT2D eigenvalue weighted by Crippen LogP contribution is 2.34. The summed E-state index contributed by atoms with van der Waals surface area (Å²) in [5.74, 6) is -0.357. The molecule has 0 atom stereocenters. The van der Waals surface area contributed by atoms with Gasteiger partial charge < -0.3 is 14.4 Å². The Morgan fingerprint density at radius 1 is 1.29 bits per heavy atom. The van der Waals surface area contributed by atoms with Gasteiger partial charge in [0.1, 0.15) is 5.75 Å². The van der Waals surface area contributed by atoms with E-state index < -0.39 is 5.97 Å². The minimum Gasteiger partial charge on any atom is -0.496 e. The molecule has 0 fully saturated rings. The lowest BCUT2D eigenvalue weighted by atomic mass is 10.1. The predicted molar refractivity (Wildman–Crippen MR) is 78.6 cm³/mol. The van der Waals surface area contributed by atoms with Crippen LogP contribution in [0.1, 0.15) is 10.5 Å². The second kappa shape index (κ2) is 4.66. The molecule has 2 heterocycles. The number of carboxylic acid groups (broad SMARTS) is 1. The number of aromatic nitrogens is 3. The number of aromatic carboxylic acids is 1. The molecule has 0 saturated heterocycles. The summed E-state index contributed by atoms with van der Waals surface area (Å²) >= 11 is 0. The standard InChI is InChI=1S/C15H15N3O3/c1-17-5-4-9-6-14(21-3)10(7-12(9)17)13-8-11(15(19)20)16-18(13)2/h4-8H,1-3H3,(H,19,20). The van der Waals surface area contributed by atoms with Crippen molar-refractivity contribution in [3.05, 3.63) is 36.2 Å². The summed E-state index contributed by atoms with van der Waals surface area (Å²) in [4.78, 5) is 11.1. The Bertz CT molecular complexity index is 845. The minimum atomic E-state index is -1.05. The maximum absolute atomic E-state index is 11.1. The molecule has 108 valence electrons. The summed E-state index contributed by atoms with van der Waals surface area (Å²) in [6, 6.07) is 7.48. The highest BCUT2D eigenvalue weighted by atomic mass is 16.5. The lowest BCUT2D eigenvalue weighted by molar-refractivity contribution is 0.0689. The van der Waals surface area contributed by atoms with E-state index in [1.807, 2.05) is 36.0 Å². The van der Waals surface area contributed by atoms with Crippen molar-refractivity contribution in [1.82, 2.24) is 14.3 Å². The van der Waals surface area contributed by atoms with E-state index in [9.17, 15) is 4.79 Å². The van der Waals surface area contributed by atoms with Gasteiger partial charge in [-0.3, -0.25) is 4.68 Å². The van der Waals surface area contributed by atoms with Gasteiger partial charge in [0.05, 0.1) is 12.8 Å². The fourth-order valence-electron chi connectivity index (χ4n) is 2.49. The molecule has 0 bridgehead atoms. The number of rotatable bonds is 3. The molecule has 1 aromatic carbocycles. The molecule has 0 aliphatic carbocycles. The van der Waals surface area contributed by atoms with Crippen LogP contribution in [-0.4, -0.2) is 32.5 Å². The summed E-state index contributed by atoms with van der Waals surface area (Å²) in [7, 11) is 5.28. The summed E-state index contributed by atoms with van der Waals surface area (Å²) in [5, 5.41) is 14.1. The maximum Gasteiger partial charge on any atom is 0.356 e. The van der Waals surface area contributed by atoms with Gasteiger partial charge in [-0.2, -0.15) is 5.10 Å². The third kappa shape index (κ3) is 2.05. The van der Waals surface area contributed by atoms with E-state index in [0.717, 1.165) is 16.5 Å². The molecular weight excluding hydrogens is 270 g/mol. The number of carboxylic acids is 1. The SMILES string of the molecule is COc1cc2ccn(C)c2cc1-c1cc(C(=O)O)nn1C. The molecule has 6 nitrogen and oxygen atoms in total. The van der Waals surface area contributed by atoms with Crippen molar-refractivity contribution in [3.63, 3.8) is 0 Å². The number of fused-ring (bicyclic) bond motifs is 1. The third-order valence-corrected chi connectivity index (χ3v) is 3.58. The van der Waals surface area contributed by atoms with Gasteiger partial charge in [0.2, 0.25) is 0 Å². The molecule has 0 aliphatic heterocycles.